The molecule has 0 bridgehead atoms. The summed E-state index contributed by atoms with van der Waals surface area (Å²) in [6.45, 7) is 7.57. The molecule has 2 amide bonds. The van der Waals surface area contributed by atoms with Gasteiger partial charge in [0.15, 0.2) is 0 Å². The van der Waals surface area contributed by atoms with Gasteiger partial charge >= 0.3 is 0 Å². The van der Waals surface area contributed by atoms with Gasteiger partial charge in [0, 0.05) is 33.1 Å². The summed E-state index contributed by atoms with van der Waals surface area (Å²) in [5.41, 5.74) is -0.866. The van der Waals surface area contributed by atoms with Crippen LogP contribution in [0, 0.1) is 46.1 Å². The molecule has 1 N–H and O–H groups in total. The van der Waals surface area contributed by atoms with Gasteiger partial charge in [-0.3, -0.25) is 9.59 Å². The Balaban J connectivity index is 1.49. The van der Waals surface area contributed by atoms with E-state index in [-0.39, 0.29) is 52.2 Å². The molecule has 1 unspecified atom stereocenters. The van der Waals surface area contributed by atoms with Crippen LogP contribution in [-0.4, -0.2) is 43.9 Å². The summed E-state index contributed by atoms with van der Waals surface area (Å²) in [5, 5.41) is 10.5. The normalized spacial score (nSPS) is 32.2. The van der Waals surface area contributed by atoms with Crippen molar-refractivity contribution in [2.45, 2.75) is 40.0 Å². The first kappa shape index (κ1) is 24.5. The van der Waals surface area contributed by atoms with Crippen LogP contribution in [0.4, 0.5) is 8.78 Å². The topological polar surface area (TPSA) is 74.1 Å². The number of fused-ring (bicyclic) bond motifs is 1. The van der Waals surface area contributed by atoms with E-state index in [0.29, 0.717) is 19.5 Å². The van der Waals surface area contributed by atoms with Crippen molar-refractivity contribution >= 4 is 17.5 Å². The van der Waals surface area contributed by atoms with Crippen molar-refractivity contribution in [3.63, 3.8) is 0 Å². The fraction of sp³-hybridized carbons (Fsp3) is 0.615. The van der Waals surface area contributed by atoms with Crippen molar-refractivity contribution in [3.05, 3.63) is 41.5 Å². The van der Waals surface area contributed by atoms with Crippen LogP contribution in [0.25, 0.3) is 5.70 Å². The van der Waals surface area contributed by atoms with Crippen LogP contribution in [-0.2, 0) is 9.59 Å². The highest BCUT2D eigenvalue weighted by Gasteiger charge is 2.63. The highest BCUT2D eigenvalue weighted by atomic mass is 19.1. The van der Waals surface area contributed by atoms with Crippen molar-refractivity contribution in [1.29, 1.82) is 0 Å². The smallest absolute Gasteiger partial charge is 0.229 e. The average molecular weight is 473 g/mol. The fourth-order valence-electron chi connectivity index (χ4n) is 6.29. The highest BCUT2D eigenvalue weighted by Crippen LogP contribution is 2.60. The minimum Gasteiger partial charge on any atom is -0.359 e. The number of hydrogen-bond donors (Lipinski definition) is 1. The number of allylic oxidation sites excluding steroid dienone is 1. The maximum atomic E-state index is 14.4. The molecular weight excluding hydrogens is 438 g/mol. The Hall–Kier alpha value is -2.64. The first-order valence-electron chi connectivity index (χ1n) is 12.0. The molecular formula is C26H34F2N4O2. The van der Waals surface area contributed by atoms with E-state index in [0.717, 1.165) is 12.8 Å². The molecule has 8 heteroatoms. The minimum atomic E-state index is -0.674. The first-order chi connectivity index (χ1) is 16.1. The maximum Gasteiger partial charge on any atom is 0.229 e. The molecule has 4 rings (SSSR count). The van der Waals surface area contributed by atoms with E-state index >= 15 is 0 Å². The van der Waals surface area contributed by atoms with Crippen LogP contribution >= 0.6 is 0 Å². The van der Waals surface area contributed by atoms with Gasteiger partial charge in [0.2, 0.25) is 11.8 Å². The van der Waals surface area contributed by atoms with Crippen molar-refractivity contribution < 1.29 is 18.4 Å². The van der Waals surface area contributed by atoms with Gasteiger partial charge in [0.1, 0.15) is 11.6 Å². The molecule has 2 aliphatic carbocycles. The molecule has 1 aromatic carbocycles. The van der Waals surface area contributed by atoms with E-state index < -0.39 is 17.0 Å². The lowest BCUT2D eigenvalue weighted by atomic mass is 9.64. The Bertz CT molecular complexity index is 1020. The van der Waals surface area contributed by atoms with Gasteiger partial charge < -0.3 is 10.2 Å². The van der Waals surface area contributed by atoms with E-state index in [9.17, 15) is 18.4 Å². The second-order valence-electron chi connectivity index (χ2n) is 10.7. The molecule has 184 valence electrons. The predicted molar refractivity (Wildman–Crippen MR) is 125 cm³/mol. The standard InChI is InChI=1S/C26H34F2N4O2/c1-25(2)15(9-10-20(31-30-5)22-18(27)7-6-8-19(22)28)11-12-26(25,3)24(34)32-13-16-17(14-32)21(16)23(33)29-4/h6-8,10,15-17,21H,9,11-14H2,1-5H3,(H,29,33)/b20-10-,31-30-/t15?,16-,17+,21+,26-/m1/s1. The SMILES string of the molecule is C/N=N\C(=C/CC1CC[C@](C)(C(=O)N2C[C@@H]3[C@H](C2)[C@H]3C(=O)NC)C1(C)C)c1c(F)cccc1F. The van der Waals surface area contributed by atoms with Crippen LogP contribution in [0.3, 0.4) is 0 Å². The summed E-state index contributed by atoms with van der Waals surface area (Å²) < 4.78 is 28.7. The zero-order chi connectivity index (χ0) is 24.8. The second kappa shape index (κ2) is 8.86. The highest BCUT2D eigenvalue weighted by molar-refractivity contribution is 5.86. The second-order valence-corrected chi connectivity index (χ2v) is 10.7. The number of carbonyl (C=O) groups is 2. The Labute approximate surface area is 199 Å². The van der Waals surface area contributed by atoms with Crippen LogP contribution in [0.2, 0.25) is 0 Å². The largest absolute Gasteiger partial charge is 0.359 e. The number of benzene rings is 1. The van der Waals surface area contributed by atoms with Gasteiger partial charge in [-0.15, -0.1) is 0 Å². The molecule has 2 saturated carbocycles. The number of rotatable bonds is 6. The number of nitrogens with zero attached hydrogens (tertiary/aromatic N) is 3. The number of azo groups is 1. The third-order valence-electron chi connectivity index (χ3n) is 8.96. The molecule has 0 aromatic heterocycles. The van der Waals surface area contributed by atoms with Crippen molar-refractivity contribution in [1.82, 2.24) is 10.2 Å². The van der Waals surface area contributed by atoms with E-state index in [1.165, 1.54) is 25.2 Å². The molecule has 1 heterocycles. The molecule has 0 radical (unpaired) electrons. The van der Waals surface area contributed by atoms with Gasteiger partial charge in [-0.2, -0.15) is 10.2 Å². The fourth-order valence-corrected chi connectivity index (χ4v) is 6.29. The lowest BCUT2D eigenvalue weighted by Crippen LogP contribution is -2.49. The van der Waals surface area contributed by atoms with Gasteiger partial charge in [0.25, 0.3) is 0 Å². The van der Waals surface area contributed by atoms with Gasteiger partial charge in [-0.25, -0.2) is 8.78 Å². The number of amides is 2. The number of piperidine rings is 1. The zero-order valence-electron chi connectivity index (χ0n) is 20.6. The maximum absolute atomic E-state index is 14.4. The van der Waals surface area contributed by atoms with Gasteiger partial charge in [0.05, 0.1) is 16.7 Å². The van der Waals surface area contributed by atoms with Gasteiger partial charge in [-0.05, 0) is 54.6 Å². The lowest BCUT2D eigenvalue weighted by Gasteiger charge is -2.43. The minimum absolute atomic E-state index is 0.0428. The Morgan fingerprint density at radius 3 is 2.35 bits per heavy atom. The molecule has 3 aliphatic rings. The molecule has 1 aliphatic heterocycles. The molecule has 1 saturated heterocycles. The zero-order valence-corrected chi connectivity index (χ0v) is 20.6. The first-order valence-corrected chi connectivity index (χ1v) is 12.0. The lowest BCUT2D eigenvalue weighted by molar-refractivity contribution is -0.147. The number of nitrogens with one attached hydrogen (secondary N) is 1. The summed E-state index contributed by atoms with van der Waals surface area (Å²) in [6.07, 6.45) is 3.88. The van der Waals surface area contributed by atoms with E-state index in [1.807, 2.05) is 11.8 Å². The van der Waals surface area contributed by atoms with E-state index in [1.54, 1.807) is 13.1 Å². The molecule has 0 spiro atoms. The quantitative estimate of drug-likeness (QED) is 0.611. The van der Waals surface area contributed by atoms with E-state index in [4.69, 9.17) is 0 Å². The summed E-state index contributed by atoms with van der Waals surface area (Å²) in [7, 11) is 3.13. The summed E-state index contributed by atoms with van der Waals surface area (Å²) in [4.78, 5) is 27.6. The van der Waals surface area contributed by atoms with Crippen LogP contribution in [0.5, 0.6) is 0 Å². The summed E-state index contributed by atoms with van der Waals surface area (Å²) >= 11 is 0. The Morgan fingerprint density at radius 2 is 1.79 bits per heavy atom. The van der Waals surface area contributed by atoms with E-state index in [2.05, 4.69) is 29.4 Å². The Morgan fingerprint density at radius 1 is 1.18 bits per heavy atom. The average Bonchev–Trinajstić information content (AvgIpc) is 3.18. The molecule has 34 heavy (non-hydrogen) atoms. The van der Waals surface area contributed by atoms with Crippen LogP contribution in [0.15, 0.2) is 34.5 Å². The monoisotopic (exact) mass is 472 g/mol. The van der Waals surface area contributed by atoms with Crippen molar-refractivity contribution in [2.24, 2.45) is 44.7 Å². The van der Waals surface area contributed by atoms with Gasteiger partial charge in [-0.1, -0.05) is 32.9 Å². The number of likely N-dealkylation sites (tertiary alicyclic amines) is 1. The summed E-state index contributed by atoms with van der Waals surface area (Å²) in [5.74, 6) is -0.385. The third-order valence-corrected chi connectivity index (χ3v) is 8.96. The van der Waals surface area contributed by atoms with Crippen molar-refractivity contribution in [2.75, 3.05) is 27.2 Å². The van der Waals surface area contributed by atoms with Crippen molar-refractivity contribution in [3.8, 4) is 0 Å². The number of carbonyl (C=O) groups excluding carboxylic acids is 2. The summed E-state index contributed by atoms with van der Waals surface area (Å²) in [6, 6.07) is 3.75. The van der Waals surface area contributed by atoms with Crippen LogP contribution < -0.4 is 5.32 Å². The van der Waals surface area contributed by atoms with Crippen LogP contribution in [0.1, 0.15) is 45.6 Å². The Kier molecular flexibility index (Phi) is 6.38. The molecule has 6 nitrogen and oxygen atoms in total. The molecule has 1 aromatic rings. The molecule has 3 fully saturated rings. The number of halogens is 2. The number of hydrogen-bond acceptors (Lipinski definition) is 4. The molecule has 5 atom stereocenters. The third kappa shape index (κ3) is 3.85. The predicted octanol–water partition coefficient (Wildman–Crippen LogP) is 4.67.